The second-order valence-electron chi connectivity index (χ2n) is 18.6. The topological polar surface area (TPSA) is 9.86 Å². The summed E-state index contributed by atoms with van der Waals surface area (Å²) in [6.07, 6.45) is 5.53. The van der Waals surface area contributed by atoms with Gasteiger partial charge in [0.1, 0.15) is 0 Å². The van der Waals surface area contributed by atoms with Crippen molar-refractivity contribution in [1.82, 2.24) is 9.13 Å². The summed E-state index contributed by atoms with van der Waals surface area (Å²) in [4.78, 5) is 0. The number of aromatic nitrogens is 2. The van der Waals surface area contributed by atoms with E-state index in [-0.39, 0.29) is 25.3 Å². The minimum Gasteiger partial charge on any atom is -0.334 e. The van der Waals surface area contributed by atoms with E-state index < -0.39 is 0 Å². The quantitative estimate of drug-likeness (QED) is 0.136. The zero-order valence-electron chi connectivity index (χ0n) is 33.5. The maximum atomic E-state index is 2.80. The van der Waals surface area contributed by atoms with Crippen LogP contribution in [-0.2, 0) is 0 Å². The lowest BCUT2D eigenvalue weighted by Gasteiger charge is -2.41. The predicted molar refractivity (Wildman–Crippen MR) is 265 cm³/mol. The second kappa shape index (κ2) is 10.5. The second-order valence-corrected chi connectivity index (χ2v) is 18.6. The van der Waals surface area contributed by atoms with Crippen LogP contribution >= 0.6 is 0 Å². The monoisotopic (exact) mass is 778 g/mol. The van der Waals surface area contributed by atoms with E-state index in [9.17, 15) is 0 Å². The fourth-order valence-corrected chi connectivity index (χ4v) is 13.9. The summed E-state index contributed by atoms with van der Waals surface area (Å²) in [7, 11) is 0. The lowest BCUT2D eigenvalue weighted by Crippen LogP contribution is -2.51. The highest BCUT2D eigenvalue weighted by Gasteiger charge is 2.52. The molecule has 0 amide bonds. The zero-order chi connectivity index (χ0) is 39.7. The van der Waals surface area contributed by atoms with Crippen LogP contribution in [0.5, 0.6) is 0 Å². The molecule has 2 nitrogen and oxygen atoms in total. The number of benzene rings is 10. The van der Waals surface area contributed by atoms with Gasteiger partial charge in [-0.05, 0) is 118 Å². The molecule has 6 heterocycles. The summed E-state index contributed by atoms with van der Waals surface area (Å²) < 4.78 is 5.52. The third kappa shape index (κ3) is 3.39. The van der Waals surface area contributed by atoms with Crippen LogP contribution < -0.4 is 21.9 Å². The van der Waals surface area contributed by atoms with E-state index in [2.05, 4.69) is 191 Å². The molecule has 0 radical (unpaired) electrons. The van der Waals surface area contributed by atoms with Crippen LogP contribution in [0.2, 0.25) is 5.82 Å². The molecule has 2 atom stereocenters. The first-order valence-corrected chi connectivity index (χ1v) is 22.3. The van der Waals surface area contributed by atoms with Gasteiger partial charge in [-0.15, -0.1) is 0 Å². The molecule has 10 aromatic carbocycles. The Hall–Kier alpha value is -7.55. The molecule has 0 saturated carbocycles. The molecule has 4 aliphatic heterocycles. The van der Waals surface area contributed by atoms with E-state index in [0.717, 1.165) is 0 Å². The lowest BCUT2D eigenvalue weighted by atomic mass is 9.29. The van der Waals surface area contributed by atoms with Gasteiger partial charge in [0.15, 0.2) is 0 Å². The van der Waals surface area contributed by atoms with Gasteiger partial charge < -0.3 is 9.13 Å². The van der Waals surface area contributed by atoms with Crippen LogP contribution in [-0.4, -0.2) is 22.6 Å². The number of rotatable bonds is 0. The van der Waals surface area contributed by atoms with E-state index in [1.54, 1.807) is 0 Å². The summed E-state index contributed by atoms with van der Waals surface area (Å²) in [5, 5.41) is 16.1. The summed E-state index contributed by atoms with van der Waals surface area (Å²) >= 11 is 0. The van der Waals surface area contributed by atoms with Crippen molar-refractivity contribution < 1.29 is 0 Å². The summed E-state index contributed by atoms with van der Waals surface area (Å²) in [5.74, 6) is 0.214. The third-order valence-electron chi connectivity index (χ3n) is 16.0. The Morgan fingerprint density at radius 2 is 0.935 bits per heavy atom. The normalized spacial score (nSPS) is 17.5. The molecular weight excluding hydrogens is 746 g/mol. The first kappa shape index (κ1) is 31.3. The molecular formula is C58H32B2N2. The van der Waals surface area contributed by atoms with Crippen LogP contribution in [0.25, 0.3) is 115 Å². The van der Waals surface area contributed by atoms with Crippen molar-refractivity contribution >= 4 is 128 Å². The van der Waals surface area contributed by atoms with Crippen molar-refractivity contribution in [3.8, 4) is 22.3 Å². The Bertz CT molecular complexity index is 4250. The molecule has 2 aromatic heterocycles. The van der Waals surface area contributed by atoms with Gasteiger partial charge >= 0.3 is 0 Å². The van der Waals surface area contributed by atoms with Crippen LogP contribution in [0, 0.1) is 0 Å². The van der Waals surface area contributed by atoms with Crippen LogP contribution in [0.4, 0.5) is 0 Å². The number of hydrogen-bond donors (Lipinski definition) is 0. The number of fused-ring (bicyclic) bond motifs is 26. The molecule has 2 unspecified atom stereocenters. The highest BCUT2D eigenvalue weighted by atomic mass is 15.1. The molecule has 12 aromatic rings. The highest BCUT2D eigenvalue weighted by molar-refractivity contribution is 6.99. The van der Waals surface area contributed by atoms with Gasteiger partial charge in [-0.3, -0.25) is 0 Å². The van der Waals surface area contributed by atoms with Crippen molar-refractivity contribution in [3.63, 3.8) is 0 Å². The van der Waals surface area contributed by atoms with Gasteiger partial charge in [-0.2, -0.15) is 0 Å². The van der Waals surface area contributed by atoms with Crippen molar-refractivity contribution in [1.29, 1.82) is 0 Å². The fraction of sp³-hybridized carbons (Fsp3) is 0.0345. The molecule has 17 rings (SSSR count). The standard InChI is InChI=1S/C58H32B2N2/c1-3-15-33-27-47-41(25-31(33)13-1)53-37-19-7-5-17-35(37)51-39-21-9-11-23-43(39)59-45-29-46-50(30-49(45)61(47)57(53)55(51)59)62-48-28-34-16-4-2-14-32(34)26-42(48)54-38-20-8-6-18-36(38)52-40-22-10-12-24-44(40)60(46)56(52)58(54)62/h1-30,45,49H. The number of hydrogen-bond acceptors (Lipinski definition) is 0. The maximum Gasteiger partial charge on any atom is 0.247 e. The van der Waals surface area contributed by atoms with Crippen LogP contribution in [0.15, 0.2) is 187 Å². The van der Waals surface area contributed by atoms with Gasteiger partial charge in [0.2, 0.25) is 13.4 Å². The smallest absolute Gasteiger partial charge is 0.247 e. The molecule has 5 aliphatic rings. The van der Waals surface area contributed by atoms with E-state index in [0.29, 0.717) is 0 Å². The fourth-order valence-electron chi connectivity index (χ4n) is 13.9. The first-order valence-electron chi connectivity index (χ1n) is 22.3. The maximum absolute atomic E-state index is 2.80. The van der Waals surface area contributed by atoms with E-state index in [4.69, 9.17) is 0 Å². The van der Waals surface area contributed by atoms with Gasteiger partial charge in [0, 0.05) is 32.8 Å². The van der Waals surface area contributed by atoms with Gasteiger partial charge in [0.05, 0.1) is 22.6 Å². The SMILES string of the molecule is C1=C2B3c4ccccc4-c4c3c3c(c5ccccc45)c4cc5ccccc5cc4n3C2=CC2C1B1c3ccccc3-c3c1c1c(c4ccccc34)c3cc4ccccc4cc3n12. The van der Waals surface area contributed by atoms with E-state index >= 15 is 0 Å². The molecule has 0 fully saturated rings. The molecule has 4 heteroatoms. The largest absolute Gasteiger partial charge is 0.334 e. The lowest BCUT2D eigenvalue weighted by molar-refractivity contribution is 0.634. The van der Waals surface area contributed by atoms with Crippen molar-refractivity contribution in [2.75, 3.05) is 0 Å². The Labute approximate surface area is 356 Å². The number of nitrogens with zero attached hydrogens (tertiary/aromatic N) is 2. The Kier molecular flexibility index (Phi) is 5.30. The predicted octanol–water partition coefficient (Wildman–Crippen LogP) is 11.7. The highest BCUT2D eigenvalue weighted by Crippen LogP contribution is 2.55. The summed E-state index contributed by atoms with van der Waals surface area (Å²) in [5.41, 5.74) is 19.8. The molecule has 0 N–H and O–H groups in total. The molecule has 0 spiro atoms. The minimum atomic E-state index is 0.0960. The van der Waals surface area contributed by atoms with Crippen molar-refractivity contribution in [2.24, 2.45) is 0 Å². The molecule has 0 bridgehead atoms. The summed E-state index contributed by atoms with van der Waals surface area (Å²) in [6.45, 7) is 0.376. The Morgan fingerprint density at radius 3 is 1.63 bits per heavy atom. The van der Waals surface area contributed by atoms with E-state index in [1.807, 2.05) is 0 Å². The third-order valence-corrected chi connectivity index (χ3v) is 16.0. The van der Waals surface area contributed by atoms with Gasteiger partial charge in [0.25, 0.3) is 0 Å². The number of allylic oxidation sites excluding steroid dienone is 4. The minimum absolute atomic E-state index is 0.0960. The van der Waals surface area contributed by atoms with Crippen molar-refractivity contribution in [2.45, 2.75) is 11.9 Å². The van der Waals surface area contributed by atoms with Gasteiger partial charge in [-0.1, -0.05) is 163 Å². The van der Waals surface area contributed by atoms with Crippen LogP contribution in [0.3, 0.4) is 0 Å². The molecule has 1 aliphatic carbocycles. The summed E-state index contributed by atoms with van der Waals surface area (Å²) in [6, 6.07) is 65.2. The zero-order valence-corrected chi connectivity index (χ0v) is 33.5. The van der Waals surface area contributed by atoms with E-state index in [1.165, 1.54) is 142 Å². The molecule has 62 heavy (non-hydrogen) atoms. The Balaban J connectivity index is 1.09. The average molecular weight is 779 g/mol. The molecule has 0 saturated heterocycles. The molecule has 280 valence electrons. The first-order chi connectivity index (χ1) is 30.8. The Morgan fingerprint density at radius 1 is 0.419 bits per heavy atom. The van der Waals surface area contributed by atoms with Crippen LogP contribution in [0.1, 0.15) is 6.04 Å². The van der Waals surface area contributed by atoms with Crippen molar-refractivity contribution in [3.05, 3.63) is 187 Å². The van der Waals surface area contributed by atoms with Gasteiger partial charge in [-0.25, -0.2) is 0 Å². The average Bonchev–Trinajstić information content (AvgIpc) is 4.06.